The van der Waals surface area contributed by atoms with E-state index in [0.717, 1.165) is 18.3 Å². The summed E-state index contributed by atoms with van der Waals surface area (Å²) in [6, 6.07) is 0. The first kappa shape index (κ1) is 13.6. The van der Waals surface area contributed by atoms with E-state index in [-0.39, 0.29) is 0 Å². The number of H-pyrrole nitrogens is 1. The van der Waals surface area contributed by atoms with Crippen LogP contribution in [0.3, 0.4) is 0 Å². The third-order valence-corrected chi connectivity index (χ3v) is 2.77. The minimum absolute atomic E-state index is 0.581. The number of nitrogens with one attached hydrogen (secondary N) is 2. The number of hydrogen-bond donors (Lipinski definition) is 3. The van der Waals surface area contributed by atoms with Gasteiger partial charge >= 0.3 is 0 Å². The summed E-state index contributed by atoms with van der Waals surface area (Å²) in [5.74, 6) is 2.57. The average Bonchev–Trinajstić information content (AvgIpc) is 2.68. The zero-order chi connectivity index (χ0) is 12.7. The summed E-state index contributed by atoms with van der Waals surface area (Å²) < 4.78 is 0. The van der Waals surface area contributed by atoms with Crippen molar-refractivity contribution < 1.29 is 0 Å². The number of nitrogens with two attached hydrogens (primary N) is 1. The van der Waals surface area contributed by atoms with Crippen LogP contribution in [0, 0.1) is 12.3 Å². The van der Waals surface area contributed by atoms with Crippen LogP contribution >= 0.6 is 0 Å². The Morgan fingerprint density at radius 2 is 2.18 bits per heavy atom. The first-order valence-corrected chi connectivity index (χ1v) is 5.95. The van der Waals surface area contributed by atoms with Gasteiger partial charge in [0, 0.05) is 17.6 Å². The average molecular weight is 231 g/mol. The first-order valence-electron chi connectivity index (χ1n) is 5.95. The number of hydrogen-bond acceptors (Lipinski definition) is 2. The molecule has 1 aromatic rings. The molecule has 0 spiro atoms. The molecule has 0 aliphatic heterocycles. The molecule has 1 aromatic heterocycles. The van der Waals surface area contributed by atoms with Crippen molar-refractivity contribution in [3.05, 3.63) is 21.8 Å². The van der Waals surface area contributed by atoms with Crippen LogP contribution in [0.2, 0.25) is 0 Å². The lowest BCUT2D eigenvalue weighted by Crippen LogP contribution is -2.25. The second-order valence-electron chi connectivity index (χ2n) is 3.83. The zero-order valence-corrected chi connectivity index (χ0v) is 10.6. The summed E-state index contributed by atoms with van der Waals surface area (Å²) in [4.78, 5) is 3.42. The molecule has 17 heavy (non-hydrogen) atoms. The van der Waals surface area contributed by atoms with Crippen molar-refractivity contribution >= 4 is 12.2 Å². The molecule has 92 valence electrons. The smallest absolute Gasteiger partial charge is 0.0576 e. The highest BCUT2D eigenvalue weighted by atomic mass is 14.9. The molecule has 0 fully saturated rings. The molecule has 4 N–H and O–H groups in total. The van der Waals surface area contributed by atoms with Crippen molar-refractivity contribution in [2.45, 2.75) is 26.8 Å². The highest BCUT2D eigenvalue weighted by Gasteiger charge is 2.06. The Labute approximate surface area is 103 Å². The normalized spacial score (nSPS) is 13.1. The van der Waals surface area contributed by atoms with Gasteiger partial charge in [0.15, 0.2) is 0 Å². The van der Waals surface area contributed by atoms with Crippen LogP contribution in [0.5, 0.6) is 0 Å². The first-order chi connectivity index (χ1) is 8.28. The molecule has 0 bridgehead atoms. The van der Waals surface area contributed by atoms with Crippen LogP contribution in [0.15, 0.2) is 0 Å². The van der Waals surface area contributed by atoms with Crippen LogP contribution in [0.25, 0.3) is 12.2 Å². The zero-order valence-electron chi connectivity index (χ0n) is 10.6. The molecule has 0 unspecified atom stereocenters. The molecule has 0 amide bonds. The minimum atomic E-state index is 0.581. The van der Waals surface area contributed by atoms with E-state index in [4.69, 9.17) is 12.2 Å². The Balaban J connectivity index is 3.12. The minimum Gasteiger partial charge on any atom is -0.357 e. The quantitative estimate of drug-likeness (QED) is 0.487. The van der Waals surface area contributed by atoms with Crippen molar-refractivity contribution in [1.82, 2.24) is 10.3 Å². The van der Waals surface area contributed by atoms with Gasteiger partial charge in [0.2, 0.25) is 0 Å². The fourth-order valence-corrected chi connectivity index (χ4v) is 2.03. The van der Waals surface area contributed by atoms with E-state index in [1.807, 2.05) is 6.92 Å². The van der Waals surface area contributed by atoms with Gasteiger partial charge in [-0.25, -0.2) is 0 Å². The van der Waals surface area contributed by atoms with Gasteiger partial charge < -0.3 is 16.0 Å². The lowest BCUT2D eigenvalue weighted by molar-refractivity contribution is 0.741. The molecular formula is C14H21N3. The van der Waals surface area contributed by atoms with E-state index in [1.165, 1.54) is 16.5 Å². The SMILES string of the molecule is C#CCNCc1[nH]c(=C/C)/c(=C\C)c1CCN. The van der Waals surface area contributed by atoms with E-state index in [1.54, 1.807) is 0 Å². The fraction of sp³-hybridized carbons (Fsp3) is 0.429. The molecule has 3 heteroatoms. The monoisotopic (exact) mass is 231 g/mol. The molecule has 0 saturated carbocycles. The predicted octanol–water partition coefficient (Wildman–Crippen LogP) is -0.160. The Morgan fingerprint density at radius 1 is 1.41 bits per heavy atom. The van der Waals surface area contributed by atoms with Crippen molar-refractivity contribution in [2.24, 2.45) is 5.73 Å². The third-order valence-electron chi connectivity index (χ3n) is 2.77. The van der Waals surface area contributed by atoms with Gasteiger partial charge in [0.05, 0.1) is 6.54 Å². The summed E-state index contributed by atoms with van der Waals surface area (Å²) in [6.07, 6.45) is 10.3. The summed E-state index contributed by atoms with van der Waals surface area (Å²) in [5, 5.41) is 5.62. The highest BCUT2D eigenvalue weighted by molar-refractivity contribution is 5.36. The Hall–Kier alpha value is -1.50. The van der Waals surface area contributed by atoms with Gasteiger partial charge in [-0.15, -0.1) is 6.42 Å². The lowest BCUT2D eigenvalue weighted by atomic mass is 10.1. The molecule has 3 nitrogen and oxygen atoms in total. The maximum atomic E-state index is 5.67. The van der Waals surface area contributed by atoms with Crippen LogP contribution in [-0.2, 0) is 13.0 Å². The van der Waals surface area contributed by atoms with Gasteiger partial charge in [-0.05, 0) is 37.6 Å². The lowest BCUT2D eigenvalue weighted by Gasteiger charge is -2.03. The van der Waals surface area contributed by atoms with Gasteiger partial charge in [-0.1, -0.05) is 18.1 Å². The van der Waals surface area contributed by atoms with E-state index in [0.29, 0.717) is 13.1 Å². The van der Waals surface area contributed by atoms with Crippen molar-refractivity contribution in [2.75, 3.05) is 13.1 Å². The van der Waals surface area contributed by atoms with E-state index >= 15 is 0 Å². The molecule has 0 atom stereocenters. The van der Waals surface area contributed by atoms with Crippen molar-refractivity contribution in [3.63, 3.8) is 0 Å². The largest absolute Gasteiger partial charge is 0.357 e. The molecule has 0 aliphatic rings. The second-order valence-corrected chi connectivity index (χ2v) is 3.83. The summed E-state index contributed by atoms with van der Waals surface area (Å²) in [7, 11) is 0. The van der Waals surface area contributed by atoms with Gasteiger partial charge in [0.25, 0.3) is 0 Å². The highest BCUT2D eigenvalue weighted by Crippen LogP contribution is 1.99. The van der Waals surface area contributed by atoms with Crippen LogP contribution in [0.1, 0.15) is 25.1 Å². The molecular weight excluding hydrogens is 210 g/mol. The third kappa shape index (κ3) is 3.23. The molecule has 0 aromatic carbocycles. The number of aromatic amines is 1. The van der Waals surface area contributed by atoms with Crippen molar-refractivity contribution in [1.29, 1.82) is 0 Å². The Morgan fingerprint density at radius 3 is 2.71 bits per heavy atom. The molecule has 0 aliphatic carbocycles. The molecule has 0 radical (unpaired) electrons. The van der Waals surface area contributed by atoms with E-state index in [2.05, 4.69) is 35.3 Å². The van der Waals surface area contributed by atoms with Crippen LogP contribution in [-0.4, -0.2) is 18.1 Å². The van der Waals surface area contributed by atoms with Gasteiger partial charge in [0.1, 0.15) is 0 Å². The summed E-state index contributed by atoms with van der Waals surface area (Å²) in [6.45, 7) is 6.08. The predicted molar refractivity (Wildman–Crippen MR) is 73.6 cm³/mol. The Bertz CT molecular complexity index is 503. The van der Waals surface area contributed by atoms with Crippen molar-refractivity contribution in [3.8, 4) is 12.3 Å². The summed E-state index contributed by atoms with van der Waals surface area (Å²) in [5.41, 5.74) is 8.15. The Kier molecular flexibility index (Phi) is 5.55. The molecule has 1 heterocycles. The summed E-state index contributed by atoms with van der Waals surface area (Å²) >= 11 is 0. The van der Waals surface area contributed by atoms with Crippen LogP contribution < -0.4 is 21.6 Å². The van der Waals surface area contributed by atoms with Gasteiger partial charge in [-0.2, -0.15) is 0 Å². The molecule has 1 rings (SSSR count). The number of rotatable bonds is 5. The second kappa shape index (κ2) is 6.95. The van der Waals surface area contributed by atoms with E-state index in [9.17, 15) is 0 Å². The topological polar surface area (TPSA) is 53.8 Å². The number of aromatic nitrogens is 1. The van der Waals surface area contributed by atoms with Crippen LogP contribution in [0.4, 0.5) is 0 Å². The maximum absolute atomic E-state index is 5.67. The number of terminal acetylenes is 1. The standard InChI is InChI=1S/C14H21N3/c1-4-9-16-10-14-12(7-8-15)11(5-2)13(6-3)17-14/h1,5-6,16-17H,7-10,15H2,2-3H3/b11-5-,13-6+. The van der Waals surface area contributed by atoms with E-state index < -0.39 is 0 Å². The molecule has 0 saturated heterocycles. The van der Waals surface area contributed by atoms with Gasteiger partial charge in [-0.3, -0.25) is 0 Å². The maximum Gasteiger partial charge on any atom is 0.0576 e. The fourth-order valence-electron chi connectivity index (χ4n) is 2.03.